The summed E-state index contributed by atoms with van der Waals surface area (Å²) in [6.07, 6.45) is -3.68. The Labute approximate surface area is 182 Å². The molecule has 2 atom stereocenters. The van der Waals surface area contributed by atoms with Crippen molar-refractivity contribution in [2.24, 2.45) is 0 Å². The van der Waals surface area contributed by atoms with Crippen LogP contribution in [0, 0.1) is 10.1 Å². The quantitative estimate of drug-likeness (QED) is 0.376. The van der Waals surface area contributed by atoms with Gasteiger partial charge in [0.05, 0.1) is 17.5 Å². The van der Waals surface area contributed by atoms with Crippen LogP contribution in [0.4, 0.5) is 19.3 Å². The molecular weight excluding hydrogens is 428 g/mol. The highest BCUT2D eigenvalue weighted by Gasteiger charge is 2.44. The van der Waals surface area contributed by atoms with Gasteiger partial charge in [-0.3, -0.25) is 14.9 Å². The van der Waals surface area contributed by atoms with Crippen LogP contribution in [0.5, 0.6) is 0 Å². The number of halogens is 2. The fraction of sp³-hybridized carbons (Fsp3) is 0.333. The van der Waals surface area contributed by atoms with E-state index in [1.165, 1.54) is 24.3 Å². The molecule has 9 nitrogen and oxygen atoms in total. The lowest BCUT2D eigenvalue weighted by atomic mass is 9.97. The number of aliphatic hydroxyl groups excluding tert-OH is 1. The second kappa shape index (κ2) is 11.1. The fourth-order valence-electron chi connectivity index (χ4n) is 2.81. The zero-order valence-corrected chi connectivity index (χ0v) is 17.2. The number of aliphatic hydroxyl groups is 1. The Kier molecular flexibility index (Phi) is 8.59. The van der Waals surface area contributed by atoms with E-state index in [0.29, 0.717) is 11.1 Å². The summed E-state index contributed by atoms with van der Waals surface area (Å²) in [6, 6.07) is 12.2. The van der Waals surface area contributed by atoms with Gasteiger partial charge in [-0.15, -0.1) is 0 Å². The van der Waals surface area contributed by atoms with Crippen LogP contribution >= 0.6 is 0 Å². The number of non-ortho nitro benzene ring substituents is 1. The van der Waals surface area contributed by atoms with E-state index in [2.05, 4.69) is 5.32 Å². The van der Waals surface area contributed by atoms with Crippen LogP contribution in [0.3, 0.4) is 0 Å². The molecule has 0 aromatic heterocycles. The highest BCUT2D eigenvalue weighted by Crippen LogP contribution is 2.23. The first-order valence-corrected chi connectivity index (χ1v) is 9.59. The molecule has 0 spiro atoms. The average molecular weight is 451 g/mol. The normalized spacial score (nSPS) is 13.0. The summed E-state index contributed by atoms with van der Waals surface area (Å²) in [7, 11) is 0. The van der Waals surface area contributed by atoms with Crippen molar-refractivity contribution in [1.29, 1.82) is 0 Å². The number of nitro groups is 1. The third-order valence-electron chi connectivity index (χ3n) is 4.51. The largest absolute Gasteiger partial charge is 0.445 e. The van der Waals surface area contributed by atoms with Crippen LogP contribution in [0.2, 0.25) is 0 Å². The molecule has 2 unspecified atom stereocenters. The summed E-state index contributed by atoms with van der Waals surface area (Å²) in [5.41, 5.74) is 0.835. The van der Waals surface area contributed by atoms with Crippen molar-refractivity contribution >= 4 is 17.7 Å². The van der Waals surface area contributed by atoms with E-state index >= 15 is 0 Å². The van der Waals surface area contributed by atoms with E-state index in [1.54, 1.807) is 30.3 Å². The van der Waals surface area contributed by atoms with Gasteiger partial charge in [0.2, 0.25) is 5.91 Å². The number of carbonyl (C=O) groups is 2. The minimum absolute atomic E-state index is 0.116. The van der Waals surface area contributed by atoms with Crippen LogP contribution in [-0.2, 0) is 22.6 Å². The first kappa shape index (κ1) is 24.7. The molecule has 3 N–H and O–H groups in total. The van der Waals surface area contributed by atoms with Gasteiger partial charge in [-0.1, -0.05) is 42.5 Å². The highest BCUT2D eigenvalue weighted by molar-refractivity contribution is 5.72. The van der Waals surface area contributed by atoms with Gasteiger partial charge < -0.3 is 20.5 Å². The number of ether oxygens (including phenoxy) is 1. The van der Waals surface area contributed by atoms with E-state index < -0.39 is 41.5 Å². The predicted molar refractivity (Wildman–Crippen MR) is 110 cm³/mol. The van der Waals surface area contributed by atoms with Crippen LogP contribution in [-0.4, -0.2) is 46.6 Å². The van der Waals surface area contributed by atoms with Crippen molar-refractivity contribution in [3.05, 3.63) is 75.8 Å². The summed E-state index contributed by atoms with van der Waals surface area (Å²) in [5, 5.41) is 25.3. The molecule has 2 amide bonds. The Morgan fingerprint density at radius 1 is 1.12 bits per heavy atom. The zero-order chi connectivity index (χ0) is 23.7. The maximum absolute atomic E-state index is 14.5. The fourth-order valence-corrected chi connectivity index (χ4v) is 2.81. The van der Waals surface area contributed by atoms with E-state index in [-0.39, 0.29) is 18.7 Å². The van der Waals surface area contributed by atoms with Gasteiger partial charge in [0.25, 0.3) is 11.6 Å². The van der Waals surface area contributed by atoms with E-state index in [1.807, 2.05) is 5.32 Å². The third kappa shape index (κ3) is 7.58. The molecule has 32 heavy (non-hydrogen) atoms. The minimum Gasteiger partial charge on any atom is -0.445 e. The molecule has 0 aliphatic heterocycles. The van der Waals surface area contributed by atoms with Gasteiger partial charge in [-0.05, 0) is 17.5 Å². The average Bonchev–Trinajstić information content (AvgIpc) is 2.76. The molecule has 0 saturated carbocycles. The third-order valence-corrected chi connectivity index (χ3v) is 4.51. The summed E-state index contributed by atoms with van der Waals surface area (Å²) in [6.45, 7) is -0.202. The summed E-state index contributed by atoms with van der Waals surface area (Å²) in [4.78, 5) is 33.4. The van der Waals surface area contributed by atoms with Gasteiger partial charge >= 0.3 is 6.09 Å². The molecule has 0 fully saturated rings. The molecule has 0 radical (unpaired) electrons. The summed E-state index contributed by atoms with van der Waals surface area (Å²) in [5.74, 6) is -4.48. The number of hydrogen-bond donors (Lipinski definition) is 3. The number of alkyl carbamates (subject to hydrolysis) is 1. The first-order valence-electron chi connectivity index (χ1n) is 9.59. The molecule has 0 saturated heterocycles. The lowest BCUT2D eigenvalue weighted by Crippen LogP contribution is -2.56. The first-order chi connectivity index (χ1) is 15.1. The maximum Gasteiger partial charge on any atom is 0.407 e. The van der Waals surface area contributed by atoms with Crippen molar-refractivity contribution in [2.45, 2.75) is 38.0 Å². The number of nitro benzene ring substituents is 1. The van der Waals surface area contributed by atoms with E-state index in [9.17, 15) is 33.6 Å². The van der Waals surface area contributed by atoms with Crippen molar-refractivity contribution in [1.82, 2.24) is 10.6 Å². The Morgan fingerprint density at radius 3 is 2.31 bits per heavy atom. The van der Waals surface area contributed by atoms with Crippen molar-refractivity contribution < 1.29 is 33.1 Å². The van der Waals surface area contributed by atoms with Gasteiger partial charge in [-0.25, -0.2) is 13.6 Å². The summed E-state index contributed by atoms with van der Waals surface area (Å²) < 4.78 is 34.0. The molecular formula is C21H23F2N3O6. The zero-order valence-electron chi connectivity index (χ0n) is 17.2. The van der Waals surface area contributed by atoms with Gasteiger partial charge in [0.15, 0.2) is 0 Å². The number of benzene rings is 2. The maximum atomic E-state index is 14.5. The number of rotatable bonds is 10. The molecule has 0 aliphatic rings. The predicted octanol–water partition coefficient (Wildman–Crippen LogP) is 2.56. The molecule has 2 aromatic carbocycles. The molecule has 172 valence electrons. The van der Waals surface area contributed by atoms with E-state index in [0.717, 1.165) is 6.92 Å². The van der Waals surface area contributed by atoms with Crippen LogP contribution in [0.25, 0.3) is 0 Å². The highest BCUT2D eigenvalue weighted by atomic mass is 19.3. The van der Waals surface area contributed by atoms with Crippen molar-refractivity contribution in [2.75, 3.05) is 6.54 Å². The second-order valence-corrected chi connectivity index (χ2v) is 7.06. The summed E-state index contributed by atoms with van der Waals surface area (Å²) >= 11 is 0. The Bertz CT molecular complexity index is 925. The SMILES string of the molecule is CC(=O)NCC(F)(F)C(O)C(Cc1ccc([N+](=O)[O-])cc1)NC(=O)OCc1ccccc1. The van der Waals surface area contributed by atoms with Crippen LogP contribution in [0.1, 0.15) is 18.1 Å². The Balaban J connectivity index is 2.14. The second-order valence-electron chi connectivity index (χ2n) is 7.06. The number of nitrogens with zero attached hydrogens (tertiary/aromatic N) is 1. The number of nitrogens with one attached hydrogen (secondary N) is 2. The molecule has 2 rings (SSSR count). The van der Waals surface area contributed by atoms with Gasteiger partial charge in [0.1, 0.15) is 12.7 Å². The molecule has 0 aliphatic carbocycles. The molecule has 0 heterocycles. The van der Waals surface area contributed by atoms with Crippen molar-refractivity contribution in [3.8, 4) is 0 Å². The molecule has 2 aromatic rings. The Morgan fingerprint density at radius 2 is 1.75 bits per heavy atom. The van der Waals surface area contributed by atoms with E-state index in [4.69, 9.17) is 4.74 Å². The lowest BCUT2D eigenvalue weighted by molar-refractivity contribution is -0.384. The van der Waals surface area contributed by atoms with Crippen LogP contribution < -0.4 is 10.6 Å². The molecule has 0 bridgehead atoms. The standard InChI is InChI=1S/C21H23F2N3O6/c1-14(27)24-13-21(22,23)19(28)18(11-15-7-9-17(10-8-15)26(30)31)25-20(29)32-12-16-5-3-2-4-6-16/h2-10,18-19,28H,11-13H2,1H3,(H,24,27)(H,25,29). The number of alkyl halides is 2. The van der Waals surface area contributed by atoms with Crippen LogP contribution in [0.15, 0.2) is 54.6 Å². The number of hydrogen-bond acceptors (Lipinski definition) is 6. The monoisotopic (exact) mass is 451 g/mol. The lowest BCUT2D eigenvalue weighted by Gasteiger charge is -2.30. The minimum atomic E-state index is -3.77. The topological polar surface area (TPSA) is 131 Å². The number of amides is 2. The van der Waals surface area contributed by atoms with Crippen molar-refractivity contribution in [3.63, 3.8) is 0 Å². The smallest absolute Gasteiger partial charge is 0.407 e. The molecule has 11 heteroatoms. The Hall–Kier alpha value is -3.60. The van der Waals surface area contributed by atoms with Gasteiger partial charge in [-0.2, -0.15) is 0 Å². The number of carbonyl (C=O) groups excluding carboxylic acids is 2. The van der Waals surface area contributed by atoms with Gasteiger partial charge in [0, 0.05) is 19.1 Å².